The number of nitrogens with zero attached hydrogens (tertiary/aromatic N) is 6. The number of amides is 1. The zero-order chi connectivity index (χ0) is 19.5. The third-order valence-corrected chi connectivity index (χ3v) is 7.05. The minimum Gasteiger partial charge on any atom is -0.338 e. The molecule has 0 radical (unpaired) electrons. The van der Waals surface area contributed by atoms with Gasteiger partial charge >= 0.3 is 0 Å². The summed E-state index contributed by atoms with van der Waals surface area (Å²) >= 11 is 3.22. The van der Waals surface area contributed by atoms with Crippen molar-refractivity contribution in [3.63, 3.8) is 0 Å². The largest absolute Gasteiger partial charge is 0.338 e. The Balaban J connectivity index is 1.40. The first kappa shape index (κ1) is 19.1. The highest BCUT2D eigenvalue weighted by molar-refractivity contribution is 8.00. The standard InChI is InChI=1S/C19H22N6OS2/c1-3-14-11-15-16(22-12-23-17(15)28-14)27-13(2)18(26)24-7-9-25(10-8-24)19-20-5-4-6-21-19/h4-6,11-13H,3,7-10H2,1-2H3. The van der Waals surface area contributed by atoms with Gasteiger partial charge in [-0.05, 0) is 25.5 Å². The number of aryl methyl sites for hydroxylation is 1. The van der Waals surface area contributed by atoms with Crippen LogP contribution in [0.25, 0.3) is 10.2 Å². The number of piperazine rings is 1. The molecule has 0 aliphatic carbocycles. The van der Waals surface area contributed by atoms with Crippen molar-refractivity contribution in [2.45, 2.75) is 30.5 Å². The SMILES string of the molecule is CCc1cc2c(SC(C)C(=O)N3CCN(c4ncccn4)CC3)ncnc2s1. The number of carbonyl (C=O) groups is 1. The van der Waals surface area contributed by atoms with Gasteiger partial charge in [0.05, 0.1) is 5.25 Å². The van der Waals surface area contributed by atoms with Crippen LogP contribution in [0.2, 0.25) is 0 Å². The Bertz CT molecular complexity index is 955. The Labute approximate surface area is 172 Å². The van der Waals surface area contributed by atoms with Crippen molar-refractivity contribution in [1.29, 1.82) is 0 Å². The van der Waals surface area contributed by atoms with Crippen molar-refractivity contribution >= 4 is 45.2 Å². The van der Waals surface area contributed by atoms with Crippen LogP contribution in [0.5, 0.6) is 0 Å². The Kier molecular flexibility index (Phi) is 5.72. The fraction of sp³-hybridized carbons (Fsp3) is 0.421. The molecule has 9 heteroatoms. The number of rotatable bonds is 5. The van der Waals surface area contributed by atoms with E-state index in [1.165, 1.54) is 16.6 Å². The van der Waals surface area contributed by atoms with Gasteiger partial charge in [-0.1, -0.05) is 18.7 Å². The third kappa shape index (κ3) is 3.95. The molecular weight excluding hydrogens is 392 g/mol. The van der Waals surface area contributed by atoms with Gasteiger partial charge in [0.1, 0.15) is 16.2 Å². The molecule has 146 valence electrons. The Hall–Kier alpha value is -2.26. The smallest absolute Gasteiger partial charge is 0.235 e. The zero-order valence-corrected chi connectivity index (χ0v) is 17.5. The van der Waals surface area contributed by atoms with Crippen LogP contribution in [0, 0.1) is 0 Å². The summed E-state index contributed by atoms with van der Waals surface area (Å²) < 4.78 is 0. The number of fused-ring (bicyclic) bond motifs is 1. The lowest BCUT2D eigenvalue weighted by molar-refractivity contribution is -0.130. The number of thiophene rings is 1. The maximum absolute atomic E-state index is 13.0. The van der Waals surface area contributed by atoms with E-state index in [0.717, 1.165) is 40.7 Å². The molecule has 1 amide bonds. The number of carbonyl (C=O) groups excluding carboxylic acids is 1. The summed E-state index contributed by atoms with van der Waals surface area (Å²) in [6, 6.07) is 3.96. The first-order valence-electron chi connectivity index (χ1n) is 9.36. The molecule has 1 fully saturated rings. The average Bonchev–Trinajstić information content (AvgIpc) is 3.18. The van der Waals surface area contributed by atoms with Crippen LogP contribution >= 0.6 is 23.1 Å². The third-order valence-electron chi connectivity index (χ3n) is 4.75. The Morgan fingerprint density at radius 1 is 1.18 bits per heavy atom. The predicted molar refractivity (Wildman–Crippen MR) is 113 cm³/mol. The first-order chi connectivity index (χ1) is 13.7. The quantitative estimate of drug-likeness (QED) is 0.469. The number of anilines is 1. The molecule has 3 aromatic heterocycles. The fourth-order valence-corrected chi connectivity index (χ4v) is 5.18. The fourth-order valence-electron chi connectivity index (χ4n) is 3.21. The van der Waals surface area contributed by atoms with Crippen LogP contribution in [0.3, 0.4) is 0 Å². The van der Waals surface area contributed by atoms with Crippen LogP contribution in [-0.2, 0) is 11.2 Å². The predicted octanol–water partition coefficient (Wildman–Crippen LogP) is 2.87. The summed E-state index contributed by atoms with van der Waals surface area (Å²) in [6.07, 6.45) is 6.07. The summed E-state index contributed by atoms with van der Waals surface area (Å²) in [7, 11) is 0. The molecule has 4 heterocycles. The summed E-state index contributed by atoms with van der Waals surface area (Å²) in [5, 5.41) is 1.75. The van der Waals surface area contributed by atoms with E-state index in [-0.39, 0.29) is 11.2 Å². The van der Waals surface area contributed by atoms with Gasteiger partial charge in [0.2, 0.25) is 11.9 Å². The lowest BCUT2D eigenvalue weighted by Crippen LogP contribution is -2.51. The Morgan fingerprint density at radius 3 is 2.64 bits per heavy atom. The van der Waals surface area contributed by atoms with E-state index >= 15 is 0 Å². The maximum atomic E-state index is 13.0. The molecule has 1 aliphatic heterocycles. The molecule has 0 saturated carbocycles. The molecule has 0 aromatic carbocycles. The van der Waals surface area contributed by atoms with Crippen LogP contribution in [0.15, 0.2) is 35.9 Å². The molecule has 28 heavy (non-hydrogen) atoms. The number of aromatic nitrogens is 4. The van der Waals surface area contributed by atoms with Crippen molar-refractivity contribution in [3.05, 3.63) is 35.7 Å². The first-order valence-corrected chi connectivity index (χ1v) is 11.1. The van der Waals surface area contributed by atoms with Crippen LogP contribution in [0.4, 0.5) is 5.95 Å². The maximum Gasteiger partial charge on any atom is 0.235 e. The molecule has 0 spiro atoms. The minimum absolute atomic E-state index is 0.149. The van der Waals surface area contributed by atoms with Gasteiger partial charge in [0.15, 0.2) is 0 Å². The molecule has 7 nitrogen and oxygen atoms in total. The van der Waals surface area contributed by atoms with E-state index in [1.807, 2.05) is 17.9 Å². The summed E-state index contributed by atoms with van der Waals surface area (Å²) in [5.41, 5.74) is 0. The van der Waals surface area contributed by atoms with Crippen molar-refractivity contribution in [3.8, 4) is 0 Å². The lowest BCUT2D eigenvalue weighted by Gasteiger charge is -2.35. The zero-order valence-electron chi connectivity index (χ0n) is 15.9. The van der Waals surface area contributed by atoms with Crippen molar-refractivity contribution < 1.29 is 4.79 Å². The monoisotopic (exact) mass is 414 g/mol. The summed E-state index contributed by atoms with van der Waals surface area (Å²) in [4.78, 5) is 36.7. The second-order valence-corrected chi connectivity index (χ2v) is 9.03. The van der Waals surface area contributed by atoms with Gasteiger partial charge in [-0.25, -0.2) is 19.9 Å². The molecule has 1 aliphatic rings. The molecule has 1 unspecified atom stereocenters. The molecule has 0 bridgehead atoms. The molecule has 0 N–H and O–H groups in total. The number of hydrogen-bond donors (Lipinski definition) is 0. The normalized spacial score (nSPS) is 15.8. The van der Waals surface area contributed by atoms with E-state index in [4.69, 9.17) is 0 Å². The van der Waals surface area contributed by atoms with Gasteiger partial charge in [0.25, 0.3) is 0 Å². The molecule has 1 saturated heterocycles. The highest BCUT2D eigenvalue weighted by atomic mass is 32.2. The van der Waals surface area contributed by atoms with Gasteiger partial charge in [-0.3, -0.25) is 4.79 Å². The van der Waals surface area contributed by atoms with Gasteiger partial charge < -0.3 is 9.80 Å². The number of thioether (sulfide) groups is 1. The van der Waals surface area contributed by atoms with E-state index in [2.05, 4.69) is 37.8 Å². The van der Waals surface area contributed by atoms with Crippen LogP contribution in [-0.4, -0.2) is 62.2 Å². The van der Waals surface area contributed by atoms with Gasteiger partial charge in [-0.2, -0.15) is 0 Å². The average molecular weight is 415 g/mol. The number of hydrogen-bond acceptors (Lipinski definition) is 8. The summed E-state index contributed by atoms with van der Waals surface area (Å²) in [6.45, 7) is 6.95. The van der Waals surface area contributed by atoms with Gasteiger partial charge in [-0.15, -0.1) is 11.3 Å². The van der Waals surface area contributed by atoms with Crippen LogP contribution < -0.4 is 4.90 Å². The second kappa shape index (κ2) is 8.40. The molecule has 4 rings (SSSR count). The molecule has 1 atom stereocenters. The van der Waals surface area contributed by atoms with E-state index in [9.17, 15) is 4.79 Å². The van der Waals surface area contributed by atoms with E-state index in [1.54, 1.807) is 30.1 Å². The Morgan fingerprint density at radius 2 is 1.93 bits per heavy atom. The van der Waals surface area contributed by atoms with E-state index < -0.39 is 0 Å². The van der Waals surface area contributed by atoms with Gasteiger partial charge in [0, 0.05) is 48.8 Å². The molecule has 3 aromatic rings. The topological polar surface area (TPSA) is 75.1 Å². The molecular formula is C19H22N6OS2. The van der Waals surface area contributed by atoms with Crippen molar-refractivity contribution in [1.82, 2.24) is 24.8 Å². The van der Waals surface area contributed by atoms with Crippen molar-refractivity contribution in [2.75, 3.05) is 31.1 Å². The highest BCUT2D eigenvalue weighted by Crippen LogP contribution is 2.33. The second-order valence-electron chi connectivity index (χ2n) is 6.59. The van der Waals surface area contributed by atoms with Crippen molar-refractivity contribution in [2.24, 2.45) is 0 Å². The lowest BCUT2D eigenvalue weighted by atomic mass is 10.3. The summed E-state index contributed by atoms with van der Waals surface area (Å²) in [5.74, 6) is 0.876. The highest BCUT2D eigenvalue weighted by Gasteiger charge is 2.27. The minimum atomic E-state index is -0.192. The van der Waals surface area contributed by atoms with E-state index in [0.29, 0.717) is 13.1 Å². The van der Waals surface area contributed by atoms with Crippen LogP contribution in [0.1, 0.15) is 18.7 Å².